The van der Waals surface area contributed by atoms with Crippen molar-refractivity contribution >= 4 is 28.5 Å². The molecule has 0 saturated carbocycles. The largest absolute Gasteiger partial charge is 0.451 e. The van der Waals surface area contributed by atoms with Crippen LogP contribution < -0.4 is 5.32 Å². The van der Waals surface area contributed by atoms with Gasteiger partial charge >= 0.3 is 0 Å². The molecule has 0 spiro atoms. The van der Waals surface area contributed by atoms with Gasteiger partial charge in [0.1, 0.15) is 5.58 Å². The molecule has 0 bridgehead atoms. The fraction of sp³-hybridized carbons (Fsp3) is 0.438. The van der Waals surface area contributed by atoms with E-state index in [1.807, 2.05) is 6.92 Å². The Morgan fingerprint density at radius 2 is 2.14 bits per heavy atom. The van der Waals surface area contributed by atoms with Crippen LogP contribution >= 0.6 is 11.6 Å². The van der Waals surface area contributed by atoms with Crippen molar-refractivity contribution in [2.24, 2.45) is 0 Å². The lowest BCUT2D eigenvalue weighted by Gasteiger charge is -2.31. The number of carbonyl (C=O) groups is 1. The molecule has 1 amide bonds. The number of aryl methyl sites for hydroxylation is 1. The van der Waals surface area contributed by atoms with E-state index in [0.29, 0.717) is 36.7 Å². The summed E-state index contributed by atoms with van der Waals surface area (Å²) >= 11 is 5.97. The first-order chi connectivity index (χ1) is 10.5. The second-order valence-corrected chi connectivity index (χ2v) is 6.15. The van der Waals surface area contributed by atoms with Crippen LogP contribution in [0.1, 0.15) is 29.0 Å². The molecule has 22 heavy (non-hydrogen) atoms. The highest BCUT2D eigenvalue weighted by atomic mass is 35.5. The lowest BCUT2D eigenvalue weighted by molar-refractivity contribution is -0.0605. The van der Waals surface area contributed by atoms with Crippen LogP contribution in [0, 0.1) is 6.92 Å². The van der Waals surface area contributed by atoms with Crippen LogP contribution in [0.2, 0.25) is 5.02 Å². The van der Waals surface area contributed by atoms with Gasteiger partial charge in [-0.25, -0.2) is 0 Å². The van der Waals surface area contributed by atoms with E-state index >= 15 is 0 Å². The van der Waals surface area contributed by atoms with Gasteiger partial charge in [-0.1, -0.05) is 11.6 Å². The average Bonchev–Trinajstić information content (AvgIpc) is 2.83. The molecule has 1 aromatic carbocycles. The number of nitrogens with one attached hydrogen (secondary N) is 1. The van der Waals surface area contributed by atoms with Crippen LogP contribution in [0.3, 0.4) is 0 Å². The maximum Gasteiger partial charge on any atom is 0.287 e. The summed E-state index contributed by atoms with van der Waals surface area (Å²) in [4.78, 5) is 12.3. The number of hydrogen-bond acceptors (Lipinski definition) is 4. The molecule has 1 saturated heterocycles. The van der Waals surface area contributed by atoms with E-state index in [4.69, 9.17) is 20.8 Å². The molecular weight excluding hydrogens is 306 g/mol. The number of amides is 1. The van der Waals surface area contributed by atoms with Crippen molar-refractivity contribution in [2.75, 3.05) is 19.8 Å². The van der Waals surface area contributed by atoms with Gasteiger partial charge in [0, 0.05) is 48.6 Å². The molecule has 0 aliphatic carbocycles. The molecule has 1 fully saturated rings. The number of carbonyl (C=O) groups excluding carboxylic acids is 1. The molecule has 2 aromatic rings. The smallest absolute Gasteiger partial charge is 0.287 e. The Kier molecular flexibility index (Phi) is 4.12. The van der Waals surface area contributed by atoms with E-state index in [1.54, 1.807) is 18.2 Å². The van der Waals surface area contributed by atoms with Gasteiger partial charge in [0.05, 0.1) is 5.60 Å². The summed E-state index contributed by atoms with van der Waals surface area (Å²) in [6.07, 6.45) is 1.03. The highest BCUT2D eigenvalue weighted by Crippen LogP contribution is 2.28. The Morgan fingerprint density at radius 1 is 1.41 bits per heavy atom. The number of ether oxygens (including phenoxy) is 1. The monoisotopic (exact) mass is 323 g/mol. The summed E-state index contributed by atoms with van der Waals surface area (Å²) in [5.41, 5.74) is 0.461. The predicted molar refractivity (Wildman–Crippen MR) is 83.3 cm³/mol. The number of rotatable bonds is 3. The Morgan fingerprint density at radius 3 is 2.86 bits per heavy atom. The minimum Gasteiger partial charge on any atom is -0.451 e. The van der Waals surface area contributed by atoms with E-state index < -0.39 is 5.60 Å². The lowest BCUT2D eigenvalue weighted by Crippen LogP contribution is -2.46. The highest BCUT2D eigenvalue weighted by molar-refractivity contribution is 6.31. The van der Waals surface area contributed by atoms with Crippen molar-refractivity contribution in [1.29, 1.82) is 0 Å². The van der Waals surface area contributed by atoms with Crippen LogP contribution in [0.5, 0.6) is 0 Å². The SMILES string of the molecule is Cc1c(C(=O)NCC2(O)CCOCC2)oc2ccc(Cl)cc12. The van der Waals surface area contributed by atoms with Crippen molar-refractivity contribution in [1.82, 2.24) is 5.32 Å². The molecule has 3 rings (SSSR count). The van der Waals surface area contributed by atoms with Crippen LogP contribution in [-0.4, -0.2) is 36.4 Å². The maximum absolute atomic E-state index is 12.3. The quantitative estimate of drug-likeness (QED) is 0.911. The zero-order valence-electron chi connectivity index (χ0n) is 12.3. The standard InChI is InChI=1S/C16H18ClNO4/c1-10-12-8-11(17)2-3-13(12)22-14(10)15(19)18-9-16(20)4-6-21-7-5-16/h2-3,8,20H,4-7,9H2,1H3,(H,18,19). The fourth-order valence-electron chi connectivity index (χ4n) is 2.66. The molecule has 6 heteroatoms. The topological polar surface area (TPSA) is 71.7 Å². The number of halogens is 1. The Bertz CT molecular complexity index is 703. The van der Waals surface area contributed by atoms with Gasteiger partial charge in [-0.3, -0.25) is 4.79 Å². The molecule has 0 atom stereocenters. The summed E-state index contributed by atoms with van der Waals surface area (Å²) in [5, 5.41) is 14.5. The van der Waals surface area contributed by atoms with Gasteiger partial charge in [-0.2, -0.15) is 0 Å². The fourth-order valence-corrected chi connectivity index (χ4v) is 2.84. The maximum atomic E-state index is 12.3. The third kappa shape index (κ3) is 2.97. The second kappa shape index (κ2) is 5.91. The molecular formula is C16H18ClNO4. The van der Waals surface area contributed by atoms with Crippen LogP contribution in [0.25, 0.3) is 11.0 Å². The van der Waals surface area contributed by atoms with E-state index in [1.165, 1.54) is 0 Å². The van der Waals surface area contributed by atoms with E-state index in [0.717, 1.165) is 10.9 Å². The third-order valence-electron chi connectivity index (χ3n) is 4.11. The first-order valence-electron chi connectivity index (χ1n) is 7.25. The molecule has 0 unspecified atom stereocenters. The minimum atomic E-state index is -0.906. The molecule has 0 radical (unpaired) electrons. The minimum absolute atomic E-state index is 0.187. The van der Waals surface area contributed by atoms with Crippen LogP contribution in [-0.2, 0) is 4.74 Å². The first-order valence-corrected chi connectivity index (χ1v) is 7.63. The van der Waals surface area contributed by atoms with Gasteiger partial charge in [-0.15, -0.1) is 0 Å². The summed E-state index contributed by atoms with van der Waals surface area (Å²) in [7, 11) is 0. The molecule has 5 nitrogen and oxygen atoms in total. The normalized spacial score (nSPS) is 17.6. The van der Waals surface area contributed by atoms with Gasteiger partial charge in [-0.05, 0) is 25.1 Å². The number of fused-ring (bicyclic) bond motifs is 1. The molecule has 118 valence electrons. The lowest BCUT2D eigenvalue weighted by atomic mass is 9.94. The van der Waals surface area contributed by atoms with Crippen molar-refractivity contribution < 1.29 is 19.1 Å². The Hall–Kier alpha value is -1.56. The van der Waals surface area contributed by atoms with Gasteiger partial charge < -0.3 is 19.6 Å². The first kappa shape index (κ1) is 15.3. The summed E-state index contributed by atoms with van der Waals surface area (Å²) in [6, 6.07) is 5.24. The average molecular weight is 324 g/mol. The molecule has 2 heterocycles. The number of furan rings is 1. The summed E-state index contributed by atoms with van der Waals surface area (Å²) in [5.74, 6) is -0.0716. The number of benzene rings is 1. The number of hydrogen-bond donors (Lipinski definition) is 2. The van der Waals surface area contributed by atoms with Crippen molar-refractivity contribution in [3.63, 3.8) is 0 Å². The summed E-state index contributed by atoms with van der Waals surface area (Å²) in [6.45, 7) is 3.02. The van der Waals surface area contributed by atoms with Gasteiger partial charge in [0.2, 0.25) is 0 Å². The van der Waals surface area contributed by atoms with Crippen LogP contribution in [0.15, 0.2) is 22.6 Å². The second-order valence-electron chi connectivity index (χ2n) is 5.72. The highest BCUT2D eigenvalue weighted by Gasteiger charge is 2.31. The predicted octanol–water partition coefficient (Wildman–Crippen LogP) is 2.67. The zero-order valence-corrected chi connectivity index (χ0v) is 13.1. The van der Waals surface area contributed by atoms with Crippen LogP contribution in [0.4, 0.5) is 0 Å². The van der Waals surface area contributed by atoms with E-state index in [9.17, 15) is 9.90 Å². The Labute approximate surface area is 133 Å². The van der Waals surface area contributed by atoms with Gasteiger partial charge in [0.15, 0.2) is 5.76 Å². The molecule has 1 aliphatic rings. The Balaban J connectivity index is 1.76. The third-order valence-corrected chi connectivity index (χ3v) is 4.34. The molecule has 1 aliphatic heterocycles. The molecule has 1 aromatic heterocycles. The van der Waals surface area contributed by atoms with Crippen molar-refractivity contribution in [3.8, 4) is 0 Å². The van der Waals surface area contributed by atoms with Crippen molar-refractivity contribution in [2.45, 2.75) is 25.4 Å². The zero-order chi connectivity index (χ0) is 15.7. The summed E-state index contributed by atoms with van der Waals surface area (Å²) < 4.78 is 10.8. The van der Waals surface area contributed by atoms with Gasteiger partial charge in [0.25, 0.3) is 5.91 Å². The molecule has 2 N–H and O–H groups in total. The van der Waals surface area contributed by atoms with E-state index in [-0.39, 0.29) is 18.2 Å². The number of aliphatic hydroxyl groups is 1. The van der Waals surface area contributed by atoms with Crippen molar-refractivity contribution in [3.05, 3.63) is 34.5 Å². The van der Waals surface area contributed by atoms with E-state index in [2.05, 4.69) is 5.32 Å².